The lowest BCUT2D eigenvalue weighted by Gasteiger charge is -2.22. The van der Waals surface area contributed by atoms with Crippen molar-refractivity contribution in [3.63, 3.8) is 0 Å². The highest BCUT2D eigenvalue weighted by molar-refractivity contribution is 7.80. The zero-order valence-corrected chi connectivity index (χ0v) is 16.8. The quantitative estimate of drug-likeness (QED) is 0.0929. The van der Waals surface area contributed by atoms with E-state index < -0.39 is 35.9 Å². The molecule has 0 heterocycles. The van der Waals surface area contributed by atoms with E-state index in [-0.39, 0.29) is 24.7 Å². The van der Waals surface area contributed by atoms with E-state index in [9.17, 15) is 14.4 Å². The smallest absolute Gasteiger partial charge is 0.327 e. The summed E-state index contributed by atoms with van der Waals surface area (Å²) in [4.78, 5) is 40.0. The number of carbonyl (C=O) groups is 3. The molecule has 1 rings (SSSR count). The monoisotopic (exact) mass is 424 g/mol. The lowest BCUT2D eigenvalue weighted by Crippen LogP contribution is -2.55. The number of thiol groups is 1. The molecule has 11 heteroatoms. The number of nitrogens with zero attached hydrogens (tertiary/aromatic N) is 1. The first-order chi connectivity index (χ1) is 13.7. The van der Waals surface area contributed by atoms with Gasteiger partial charge in [0.2, 0.25) is 11.8 Å². The molecule has 29 heavy (non-hydrogen) atoms. The van der Waals surface area contributed by atoms with E-state index in [1.807, 2.05) is 30.3 Å². The van der Waals surface area contributed by atoms with Gasteiger partial charge in [-0.3, -0.25) is 14.6 Å². The van der Waals surface area contributed by atoms with E-state index in [1.165, 1.54) is 0 Å². The Bertz CT molecular complexity index is 712. The normalized spacial score (nSPS) is 13.6. The summed E-state index contributed by atoms with van der Waals surface area (Å²) in [6.45, 7) is 0.257. The summed E-state index contributed by atoms with van der Waals surface area (Å²) in [6, 6.07) is 6.18. The largest absolute Gasteiger partial charge is 0.480 e. The number of carboxylic acids is 1. The third kappa shape index (κ3) is 9.30. The molecule has 0 saturated carbocycles. The summed E-state index contributed by atoms with van der Waals surface area (Å²) in [5, 5.41) is 14.0. The van der Waals surface area contributed by atoms with Crippen molar-refractivity contribution >= 4 is 36.4 Å². The number of aliphatic imine (C=N–C) groups is 1. The van der Waals surface area contributed by atoms with Crippen LogP contribution in [0.25, 0.3) is 0 Å². The first-order valence-electron chi connectivity index (χ1n) is 9.04. The van der Waals surface area contributed by atoms with Crippen molar-refractivity contribution in [2.24, 2.45) is 22.2 Å². The van der Waals surface area contributed by atoms with Crippen LogP contribution in [0.5, 0.6) is 0 Å². The van der Waals surface area contributed by atoms with Gasteiger partial charge < -0.3 is 32.9 Å². The minimum Gasteiger partial charge on any atom is -0.480 e. The third-order valence-electron chi connectivity index (χ3n) is 4.01. The van der Waals surface area contributed by atoms with Crippen molar-refractivity contribution in [2.75, 3.05) is 12.3 Å². The van der Waals surface area contributed by atoms with Crippen LogP contribution in [-0.2, 0) is 20.8 Å². The van der Waals surface area contributed by atoms with Gasteiger partial charge in [0.1, 0.15) is 12.1 Å². The van der Waals surface area contributed by atoms with Crippen LogP contribution < -0.4 is 27.8 Å². The van der Waals surface area contributed by atoms with Crippen LogP contribution in [-0.4, -0.2) is 59.3 Å². The second-order valence-corrected chi connectivity index (χ2v) is 6.75. The molecule has 2 amide bonds. The molecule has 3 atom stereocenters. The number of aliphatic carboxylic acids is 1. The number of hydrogen-bond donors (Lipinski definition) is 7. The lowest BCUT2D eigenvalue weighted by molar-refractivity contribution is -0.141. The van der Waals surface area contributed by atoms with Gasteiger partial charge in [-0.15, -0.1) is 0 Å². The van der Waals surface area contributed by atoms with Crippen molar-refractivity contribution in [1.29, 1.82) is 0 Å². The van der Waals surface area contributed by atoms with E-state index in [0.717, 1.165) is 5.56 Å². The van der Waals surface area contributed by atoms with Crippen LogP contribution in [0.15, 0.2) is 35.3 Å². The molecule has 0 aliphatic heterocycles. The van der Waals surface area contributed by atoms with Gasteiger partial charge in [0, 0.05) is 12.3 Å². The van der Waals surface area contributed by atoms with Crippen molar-refractivity contribution in [1.82, 2.24) is 10.6 Å². The van der Waals surface area contributed by atoms with Gasteiger partial charge in [0.25, 0.3) is 0 Å². The zero-order valence-electron chi connectivity index (χ0n) is 16.0. The Labute approximate surface area is 174 Å². The van der Waals surface area contributed by atoms with Crippen molar-refractivity contribution in [3.8, 4) is 0 Å². The maximum absolute atomic E-state index is 12.5. The predicted octanol–water partition coefficient (Wildman–Crippen LogP) is -1.41. The third-order valence-corrected chi connectivity index (χ3v) is 4.38. The highest BCUT2D eigenvalue weighted by Gasteiger charge is 2.27. The van der Waals surface area contributed by atoms with E-state index >= 15 is 0 Å². The molecular weight excluding hydrogens is 396 g/mol. The lowest BCUT2D eigenvalue weighted by atomic mass is 10.0. The Kier molecular flexibility index (Phi) is 10.6. The number of carboxylic acid groups (broad SMARTS) is 1. The van der Waals surface area contributed by atoms with E-state index in [2.05, 4.69) is 28.3 Å². The van der Waals surface area contributed by atoms with Gasteiger partial charge >= 0.3 is 5.97 Å². The fraction of sp³-hybridized carbons (Fsp3) is 0.444. The summed E-state index contributed by atoms with van der Waals surface area (Å²) < 4.78 is 0. The number of benzene rings is 1. The summed E-state index contributed by atoms with van der Waals surface area (Å²) >= 11 is 3.92. The highest BCUT2D eigenvalue weighted by Crippen LogP contribution is 2.05. The number of guanidine groups is 1. The standard InChI is InChI=1S/C18H28N6O4S/c19-12(9-11-5-2-1-3-6-11)15(25)23-13(7-4-8-22-18(20)21)16(26)24-14(10-29)17(27)28/h1-3,5-6,12-14,29H,4,7-10,19H2,(H,23,25)(H,24,26)(H,27,28)(H4,20,21,22)/t12-,13-,14-/m0/s1. The van der Waals surface area contributed by atoms with Crippen LogP contribution in [0, 0.1) is 0 Å². The van der Waals surface area contributed by atoms with Crippen molar-refractivity contribution < 1.29 is 19.5 Å². The highest BCUT2D eigenvalue weighted by atomic mass is 32.1. The summed E-state index contributed by atoms with van der Waals surface area (Å²) in [5.74, 6) is -2.56. The van der Waals surface area contributed by atoms with Crippen molar-refractivity contribution in [2.45, 2.75) is 37.4 Å². The molecule has 0 saturated heterocycles. The van der Waals surface area contributed by atoms with Crippen LogP contribution in [0.4, 0.5) is 0 Å². The van der Waals surface area contributed by atoms with E-state index in [0.29, 0.717) is 12.8 Å². The predicted molar refractivity (Wildman–Crippen MR) is 113 cm³/mol. The van der Waals surface area contributed by atoms with Crippen LogP contribution in [0.1, 0.15) is 18.4 Å². The SMILES string of the molecule is NC(N)=NCCC[C@H](NC(=O)[C@@H](N)Cc1ccccc1)C(=O)N[C@@H](CS)C(=O)O. The zero-order chi connectivity index (χ0) is 21.8. The first-order valence-corrected chi connectivity index (χ1v) is 9.67. The summed E-state index contributed by atoms with van der Waals surface area (Å²) in [6.07, 6.45) is 0.886. The second-order valence-electron chi connectivity index (χ2n) is 6.39. The number of nitrogens with one attached hydrogen (secondary N) is 2. The van der Waals surface area contributed by atoms with E-state index in [1.54, 1.807) is 0 Å². The fourth-order valence-corrected chi connectivity index (χ4v) is 2.72. The number of nitrogens with two attached hydrogens (primary N) is 3. The molecule has 0 radical (unpaired) electrons. The molecule has 0 aliphatic carbocycles. The van der Waals surface area contributed by atoms with E-state index in [4.69, 9.17) is 22.3 Å². The Morgan fingerprint density at radius 1 is 1.07 bits per heavy atom. The fourth-order valence-electron chi connectivity index (χ4n) is 2.47. The summed E-state index contributed by atoms with van der Waals surface area (Å²) in [7, 11) is 0. The van der Waals surface area contributed by atoms with Crippen LogP contribution in [0.2, 0.25) is 0 Å². The molecule has 160 valence electrons. The van der Waals surface area contributed by atoms with Crippen molar-refractivity contribution in [3.05, 3.63) is 35.9 Å². The molecule has 0 aromatic heterocycles. The number of rotatable bonds is 12. The molecule has 9 N–H and O–H groups in total. The maximum Gasteiger partial charge on any atom is 0.327 e. The summed E-state index contributed by atoms with van der Waals surface area (Å²) in [5.41, 5.74) is 17.4. The molecule has 0 fully saturated rings. The Hall–Kier alpha value is -2.79. The Morgan fingerprint density at radius 3 is 2.24 bits per heavy atom. The Balaban J connectivity index is 2.77. The maximum atomic E-state index is 12.5. The number of amides is 2. The minimum absolute atomic E-state index is 0.0825. The van der Waals surface area contributed by atoms with Gasteiger partial charge in [-0.2, -0.15) is 12.6 Å². The average molecular weight is 425 g/mol. The molecule has 1 aromatic rings. The second kappa shape index (κ2) is 12.6. The van der Waals surface area contributed by atoms with Gasteiger partial charge in [-0.25, -0.2) is 4.79 Å². The van der Waals surface area contributed by atoms with Gasteiger partial charge in [0.05, 0.1) is 6.04 Å². The minimum atomic E-state index is -1.22. The van der Waals surface area contributed by atoms with Crippen LogP contribution >= 0.6 is 12.6 Å². The van der Waals surface area contributed by atoms with Crippen LogP contribution in [0.3, 0.4) is 0 Å². The van der Waals surface area contributed by atoms with Gasteiger partial charge in [-0.1, -0.05) is 30.3 Å². The molecule has 0 spiro atoms. The van der Waals surface area contributed by atoms with Gasteiger partial charge in [-0.05, 0) is 24.8 Å². The molecular formula is C18H28N6O4S. The molecule has 0 unspecified atom stereocenters. The first kappa shape index (κ1) is 24.2. The molecule has 0 aliphatic rings. The molecule has 1 aromatic carbocycles. The topological polar surface area (TPSA) is 186 Å². The van der Waals surface area contributed by atoms with Gasteiger partial charge in [0.15, 0.2) is 5.96 Å². The molecule has 10 nitrogen and oxygen atoms in total. The Morgan fingerprint density at radius 2 is 1.69 bits per heavy atom. The molecule has 0 bridgehead atoms. The number of carbonyl (C=O) groups excluding carboxylic acids is 2. The average Bonchev–Trinajstić information content (AvgIpc) is 2.68. The number of hydrogen-bond acceptors (Lipinski definition) is 6.